The zero-order valence-electron chi connectivity index (χ0n) is 15.1. The van der Waals surface area contributed by atoms with E-state index in [1.54, 1.807) is 0 Å². The fraction of sp³-hybridized carbons (Fsp3) is 0.947. The molecule has 0 amide bonds. The average molecular weight is 340 g/mol. The molecule has 3 fully saturated rings. The van der Waals surface area contributed by atoms with Gasteiger partial charge in [0.05, 0.1) is 43.7 Å². The molecule has 0 radical (unpaired) electrons. The van der Waals surface area contributed by atoms with E-state index in [1.807, 2.05) is 0 Å². The maximum absolute atomic E-state index is 11.0. The number of unbranched alkanes of at least 4 members (excludes halogenated alkanes) is 4. The summed E-state index contributed by atoms with van der Waals surface area (Å²) in [5, 5.41) is 0. The molecule has 5 heteroatoms. The van der Waals surface area contributed by atoms with Gasteiger partial charge in [-0.3, -0.25) is 4.79 Å². The summed E-state index contributed by atoms with van der Waals surface area (Å²) in [6.07, 6.45) is 13.4. The van der Waals surface area contributed by atoms with Crippen LogP contribution in [0.1, 0.15) is 71.1 Å². The molecule has 0 aromatic carbocycles. The van der Waals surface area contributed by atoms with Crippen LogP contribution < -0.4 is 0 Å². The van der Waals surface area contributed by atoms with Crippen LogP contribution in [0.5, 0.6) is 0 Å². The van der Waals surface area contributed by atoms with Gasteiger partial charge < -0.3 is 18.9 Å². The second-order valence-electron chi connectivity index (χ2n) is 7.40. The molecule has 0 N–H and O–H groups in total. The number of rotatable bonds is 13. The molecular formula is C19H32O5. The molecule has 3 rings (SSSR count). The van der Waals surface area contributed by atoms with Crippen molar-refractivity contribution in [2.45, 2.75) is 108 Å². The van der Waals surface area contributed by atoms with Crippen molar-refractivity contribution in [3.05, 3.63) is 0 Å². The molecular weight excluding hydrogens is 308 g/mol. The van der Waals surface area contributed by atoms with Crippen molar-refractivity contribution in [3.63, 3.8) is 0 Å². The lowest BCUT2D eigenvalue weighted by molar-refractivity contribution is -0.140. The number of methoxy groups -OCH3 is 1. The van der Waals surface area contributed by atoms with Crippen LogP contribution in [0, 0.1) is 0 Å². The van der Waals surface area contributed by atoms with E-state index < -0.39 is 0 Å². The molecule has 0 aromatic heterocycles. The summed E-state index contributed by atoms with van der Waals surface area (Å²) in [5.74, 6) is -0.0942. The molecule has 5 nitrogen and oxygen atoms in total. The highest BCUT2D eigenvalue weighted by Crippen LogP contribution is 2.41. The van der Waals surface area contributed by atoms with Gasteiger partial charge in [0.25, 0.3) is 0 Å². The normalized spacial score (nSPS) is 36.4. The number of carbonyl (C=O) groups excluding carboxylic acids is 1. The van der Waals surface area contributed by atoms with Gasteiger partial charge in [0.15, 0.2) is 0 Å². The topological polar surface area (TPSA) is 63.9 Å². The largest absolute Gasteiger partial charge is 0.469 e. The lowest BCUT2D eigenvalue weighted by Gasteiger charge is -2.00. The molecule has 0 aliphatic carbocycles. The van der Waals surface area contributed by atoms with Crippen molar-refractivity contribution in [2.75, 3.05) is 7.11 Å². The number of esters is 1. The number of epoxide rings is 3. The summed E-state index contributed by atoms with van der Waals surface area (Å²) in [4.78, 5) is 11.0. The Morgan fingerprint density at radius 3 is 2.00 bits per heavy atom. The zero-order valence-corrected chi connectivity index (χ0v) is 15.1. The number of carbonyl (C=O) groups is 1. The Labute approximate surface area is 145 Å². The Morgan fingerprint density at radius 2 is 1.33 bits per heavy atom. The van der Waals surface area contributed by atoms with E-state index in [0.717, 1.165) is 32.1 Å². The molecule has 3 aliphatic rings. The van der Waals surface area contributed by atoms with Crippen molar-refractivity contribution in [1.29, 1.82) is 0 Å². The second kappa shape index (κ2) is 8.63. The highest BCUT2D eigenvalue weighted by molar-refractivity contribution is 5.68. The van der Waals surface area contributed by atoms with Crippen LogP contribution in [0.25, 0.3) is 0 Å². The van der Waals surface area contributed by atoms with Gasteiger partial charge in [-0.05, 0) is 19.3 Å². The fourth-order valence-corrected chi connectivity index (χ4v) is 3.69. The van der Waals surface area contributed by atoms with E-state index in [1.165, 1.54) is 32.8 Å². The number of hydrogen-bond donors (Lipinski definition) is 0. The maximum Gasteiger partial charge on any atom is 0.305 e. The minimum atomic E-state index is -0.0942. The summed E-state index contributed by atoms with van der Waals surface area (Å²) >= 11 is 0. The Kier molecular flexibility index (Phi) is 6.53. The first-order valence-corrected chi connectivity index (χ1v) is 9.74. The molecule has 3 heterocycles. The molecule has 0 spiro atoms. The lowest BCUT2D eigenvalue weighted by atomic mass is 10.0. The highest BCUT2D eigenvalue weighted by atomic mass is 16.6. The van der Waals surface area contributed by atoms with Gasteiger partial charge >= 0.3 is 5.97 Å². The Morgan fingerprint density at radius 1 is 0.792 bits per heavy atom. The Bertz CT molecular complexity index is 413. The summed E-state index contributed by atoms with van der Waals surface area (Å²) in [5.41, 5.74) is 0. The molecule has 3 aliphatic heterocycles. The van der Waals surface area contributed by atoms with Gasteiger partial charge in [0.1, 0.15) is 0 Å². The van der Waals surface area contributed by atoms with E-state index >= 15 is 0 Å². The van der Waals surface area contributed by atoms with Gasteiger partial charge in [-0.15, -0.1) is 0 Å². The monoisotopic (exact) mass is 340 g/mol. The first kappa shape index (κ1) is 18.2. The highest BCUT2D eigenvalue weighted by Gasteiger charge is 2.51. The van der Waals surface area contributed by atoms with Crippen LogP contribution in [0.3, 0.4) is 0 Å². The number of ether oxygens (including phenoxy) is 4. The minimum absolute atomic E-state index is 0.0942. The van der Waals surface area contributed by atoms with Crippen molar-refractivity contribution < 1.29 is 23.7 Å². The van der Waals surface area contributed by atoms with E-state index in [0.29, 0.717) is 43.0 Å². The Balaban J connectivity index is 1.12. The predicted molar refractivity (Wildman–Crippen MR) is 89.8 cm³/mol. The van der Waals surface area contributed by atoms with Crippen LogP contribution in [-0.4, -0.2) is 49.7 Å². The van der Waals surface area contributed by atoms with E-state index in [4.69, 9.17) is 14.2 Å². The third kappa shape index (κ3) is 5.71. The summed E-state index contributed by atoms with van der Waals surface area (Å²) in [6, 6.07) is 0. The standard InChI is InChI=1S/C19H32O5/c1-3-13-15(22-13)11-17-18(24-17)12-16-14(23-16)9-7-5-4-6-8-10-19(20)21-2/h13-18H,3-12H2,1-2H3/t13-,14-,15+,16+,17-,18+/m0/s1. The van der Waals surface area contributed by atoms with Crippen molar-refractivity contribution >= 4 is 5.97 Å². The van der Waals surface area contributed by atoms with Crippen LogP contribution in [0.15, 0.2) is 0 Å². The first-order chi connectivity index (χ1) is 11.7. The van der Waals surface area contributed by atoms with Crippen LogP contribution in [0.2, 0.25) is 0 Å². The van der Waals surface area contributed by atoms with Crippen molar-refractivity contribution in [3.8, 4) is 0 Å². The van der Waals surface area contributed by atoms with Gasteiger partial charge in [0, 0.05) is 19.3 Å². The molecule has 0 bridgehead atoms. The molecule has 0 saturated carbocycles. The third-order valence-electron chi connectivity index (χ3n) is 5.49. The molecule has 138 valence electrons. The van der Waals surface area contributed by atoms with Crippen LogP contribution in [0.4, 0.5) is 0 Å². The first-order valence-electron chi connectivity index (χ1n) is 9.74. The minimum Gasteiger partial charge on any atom is -0.469 e. The van der Waals surface area contributed by atoms with E-state index in [2.05, 4.69) is 11.7 Å². The maximum atomic E-state index is 11.0. The third-order valence-corrected chi connectivity index (χ3v) is 5.49. The molecule has 6 atom stereocenters. The molecule has 3 saturated heterocycles. The Hall–Kier alpha value is -0.650. The van der Waals surface area contributed by atoms with Gasteiger partial charge in [-0.2, -0.15) is 0 Å². The van der Waals surface area contributed by atoms with Gasteiger partial charge in [-0.1, -0.05) is 32.6 Å². The molecule has 24 heavy (non-hydrogen) atoms. The van der Waals surface area contributed by atoms with Crippen molar-refractivity contribution in [2.24, 2.45) is 0 Å². The average Bonchev–Trinajstić information content (AvgIpc) is 3.48. The molecule has 0 unspecified atom stereocenters. The second-order valence-corrected chi connectivity index (χ2v) is 7.40. The quantitative estimate of drug-likeness (QED) is 0.292. The van der Waals surface area contributed by atoms with Gasteiger partial charge in [-0.25, -0.2) is 0 Å². The zero-order chi connectivity index (χ0) is 16.9. The summed E-state index contributed by atoms with van der Waals surface area (Å²) in [6.45, 7) is 2.18. The fourth-order valence-electron chi connectivity index (χ4n) is 3.69. The predicted octanol–water partition coefficient (Wildman–Crippen LogP) is 3.38. The van der Waals surface area contributed by atoms with E-state index in [-0.39, 0.29) is 5.97 Å². The van der Waals surface area contributed by atoms with E-state index in [9.17, 15) is 4.79 Å². The number of hydrogen-bond acceptors (Lipinski definition) is 5. The van der Waals surface area contributed by atoms with Crippen LogP contribution >= 0.6 is 0 Å². The molecule has 0 aromatic rings. The van der Waals surface area contributed by atoms with Crippen molar-refractivity contribution in [1.82, 2.24) is 0 Å². The smallest absolute Gasteiger partial charge is 0.305 e. The SMILES string of the molecule is CC[C@@H]1O[C@@H]1C[C@@H]1O[C@@H]1C[C@H]1O[C@H]1CCCCCCCC(=O)OC. The van der Waals surface area contributed by atoms with Crippen LogP contribution in [-0.2, 0) is 23.7 Å². The van der Waals surface area contributed by atoms with Gasteiger partial charge in [0.2, 0.25) is 0 Å². The lowest BCUT2D eigenvalue weighted by Crippen LogP contribution is -2.05. The summed E-state index contributed by atoms with van der Waals surface area (Å²) < 4.78 is 21.8. The summed E-state index contributed by atoms with van der Waals surface area (Å²) in [7, 11) is 1.45.